The molecule has 2 nitrogen and oxygen atoms in total. The molecule has 3 heteroatoms. The Morgan fingerprint density at radius 2 is 2.78 bits per heavy atom. The highest BCUT2D eigenvalue weighted by Gasteiger charge is 1.88. The van der Waals surface area contributed by atoms with Crippen molar-refractivity contribution in [2.45, 2.75) is 13.3 Å². The monoisotopic (exact) mass is 141 g/mol. The molecule has 0 saturated heterocycles. The maximum atomic E-state index is 3.94. The smallest absolute Gasteiger partial charge is 0.154 e. The summed E-state index contributed by atoms with van der Waals surface area (Å²) in [5.41, 5.74) is 2.77. The lowest BCUT2D eigenvalue weighted by Crippen LogP contribution is -1.98. The van der Waals surface area contributed by atoms with Crippen molar-refractivity contribution in [1.29, 1.82) is 0 Å². The van der Waals surface area contributed by atoms with Crippen molar-refractivity contribution in [3.8, 4) is 0 Å². The minimum absolute atomic E-state index is 0.946. The summed E-state index contributed by atoms with van der Waals surface area (Å²) in [5, 5.41) is 5.10. The van der Waals surface area contributed by atoms with Gasteiger partial charge in [-0.1, -0.05) is 6.92 Å². The molecule has 0 unspecified atom stereocenters. The van der Waals surface area contributed by atoms with E-state index in [2.05, 4.69) is 22.7 Å². The number of hydrogen-bond donors (Lipinski definition) is 1. The first kappa shape index (κ1) is 6.55. The second-order valence-corrected chi connectivity index (χ2v) is 2.40. The Labute approximate surface area is 58.9 Å². The first-order chi connectivity index (χ1) is 4.43. The first-order valence-corrected chi connectivity index (χ1v) is 3.87. The van der Waals surface area contributed by atoms with E-state index in [1.165, 1.54) is 11.3 Å². The van der Waals surface area contributed by atoms with Gasteiger partial charge in [0.05, 0.1) is 0 Å². The molecule has 49 valence electrons. The van der Waals surface area contributed by atoms with E-state index in [0.717, 1.165) is 18.8 Å². The van der Waals surface area contributed by atoms with Gasteiger partial charge in [-0.05, 0) is 6.42 Å². The predicted molar refractivity (Wildman–Crippen MR) is 39.7 cm³/mol. The highest BCUT2D eigenvalue weighted by molar-refractivity contribution is 7.07. The van der Waals surface area contributed by atoms with Crippen LogP contribution in [-0.2, 0) is 0 Å². The summed E-state index contributed by atoms with van der Waals surface area (Å²) in [6, 6.07) is 0. The molecule has 1 N–H and O–H groups in total. The highest BCUT2D eigenvalue weighted by atomic mass is 32.1. The molecule has 0 fully saturated rings. The molecular formula is C6H9N2S. The lowest BCUT2D eigenvalue weighted by molar-refractivity contribution is 0.972. The molecular weight excluding hydrogens is 132 g/mol. The van der Waals surface area contributed by atoms with Gasteiger partial charge in [0, 0.05) is 11.9 Å². The average molecular weight is 141 g/mol. The van der Waals surface area contributed by atoms with E-state index >= 15 is 0 Å². The number of hydrogen-bond acceptors (Lipinski definition) is 3. The summed E-state index contributed by atoms with van der Waals surface area (Å²) < 4.78 is 0. The van der Waals surface area contributed by atoms with Crippen LogP contribution >= 0.6 is 11.3 Å². The SMILES string of the molecule is CCCNc1cs[c]n1. The van der Waals surface area contributed by atoms with Crippen molar-refractivity contribution in [2.24, 2.45) is 0 Å². The number of anilines is 1. The molecule has 0 aliphatic carbocycles. The van der Waals surface area contributed by atoms with Gasteiger partial charge in [0.15, 0.2) is 5.51 Å². The van der Waals surface area contributed by atoms with Gasteiger partial charge in [-0.15, -0.1) is 11.3 Å². The molecule has 0 saturated carbocycles. The van der Waals surface area contributed by atoms with Gasteiger partial charge in [0.25, 0.3) is 0 Å². The summed E-state index contributed by atoms with van der Waals surface area (Å²) in [4.78, 5) is 3.94. The fraction of sp³-hybridized carbons (Fsp3) is 0.500. The van der Waals surface area contributed by atoms with E-state index in [4.69, 9.17) is 0 Å². The standard InChI is InChI=1S/C6H9N2S/c1-2-3-7-6-4-9-5-8-6/h4,7H,2-3H2,1H3. The van der Waals surface area contributed by atoms with Crippen LogP contribution in [0.25, 0.3) is 0 Å². The van der Waals surface area contributed by atoms with Crippen LogP contribution in [0, 0.1) is 5.51 Å². The maximum absolute atomic E-state index is 3.94. The van der Waals surface area contributed by atoms with Crippen molar-refractivity contribution >= 4 is 17.2 Å². The highest BCUT2D eigenvalue weighted by Crippen LogP contribution is 2.04. The first-order valence-electron chi connectivity index (χ1n) is 2.99. The average Bonchev–Trinajstić information content (AvgIpc) is 2.34. The summed E-state index contributed by atoms with van der Waals surface area (Å²) in [6.45, 7) is 3.13. The van der Waals surface area contributed by atoms with Crippen molar-refractivity contribution in [3.05, 3.63) is 10.9 Å². The normalized spacial score (nSPS) is 9.44. The van der Waals surface area contributed by atoms with E-state index in [1.807, 2.05) is 5.38 Å². The van der Waals surface area contributed by atoms with Crippen LogP contribution in [0.3, 0.4) is 0 Å². The molecule has 1 heterocycles. The molecule has 0 bridgehead atoms. The molecule has 1 aromatic rings. The third-order valence-electron chi connectivity index (χ3n) is 0.945. The summed E-state index contributed by atoms with van der Waals surface area (Å²) >= 11 is 1.49. The fourth-order valence-electron chi connectivity index (χ4n) is 0.518. The van der Waals surface area contributed by atoms with E-state index in [0.29, 0.717) is 0 Å². The van der Waals surface area contributed by atoms with Crippen molar-refractivity contribution < 1.29 is 0 Å². The molecule has 1 radical (unpaired) electrons. The van der Waals surface area contributed by atoms with Crippen LogP contribution in [0.5, 0.6) is 0 Å². The predicted octanol–water partition coefficient (Wildman–Crippen LogP) is 1.77. The third kappa shape index (κ3) is 2.01. The maximum Gasteiger partial charge on any atom is 0.154 e. The van der Waals surface area contributed by atoms with Gasteiger partial charge in [-0.25, -0.2) is 4.98 Å². The zero-order valence-electron chi connectivity index (χ0n) is 5.35. The van der Waals surface area contributed by atoms with Crippen molar-refractivity contribution in [1.82, 2.24) is 4.98 Å². The Hall–Kier alpha value is -0.570. The van der Waals surface area contributed by atoms with Gasteiger partial charge >= 0.3 is 0 Å². The van der Waals surface area contributed by atoms with Gasteiger partial charge in [-0.2, -0.15) is 0 Å². The second kappa shape index (κ2) is 3.45. The zero-order chi connectivity index (χ0) is 6.53. The summed E-state index contributed by atoms with van der Waals surface area (Å²) in [7, 11) is 0. The number of aromatic nitrogens is 1. The van der Waals surface area contributed by atoms with Gasteiger partial charge < -0.3 is 5.32 Å². The summed E-state index contributed by atoms with van der Waals surface area (Å²) in [5.74, 6) is 0.946. The number of thiazole rings is 1. The van der Waals surface area contributed by atoms with Gasteiger partial charge in [0.1, 0.15) is 5.82 Å². The zero-order valence-corrected chi connectivity index (χ0v) is 6.16. The van der Waals surface area contributed by atoms with Crippen LogP contribution in [0.15, 0.2) is 5.38 Å². The number of rotatable bonds is 3. The summed E-state index contributed by atoms with van der Waals surface area (Å²) in [6.07, 6.45) is 1.14. The minimum atomic E-state index is 0.946. The quantitative estimate of drug-likeness (QED) is 0.693. The molecule has 0 aliphatic rings. The molecule has 1 aromatic heterocycles. The molecule has 0 aliphatic heterocycles. The molecule has 0 amide bonds. The van der Waals surface area contributed by atoms with E-state index in [9.17, 15) is 0 Å². The van der Waals surface area contributed by atoms with Crippen molar-refractivity contribution in [3.63, 3.8) is 0 Å². The largest absolute Gasteiger partial charge is 0.369 e. The van der Waals surface area contributed by atoms with Gasteiger partial charge in [0.2, 0.25) is 0 Å². The molecule has 0 aromatic carbocycles. The topological polar surface area (TPSA) is 24.9 Å². The number of nitrogens with zero attached hydrogens (tertiary/aromatic N) is 1. The Balaban J connectivity index is 2.30. The van der Waals surface area contributed by atoms with Crippen LogP contribution < -0.4 is 5.32 Å². The Morgan fingerprint density at radius 3 is 3.33 bits per heavy atom. The molecule has 1 rings (SSSR count). The Bertz CT molecular complexity index is 148. The van der Waals surface area contributed by atoms with E-state index < -0.39 is 0 Å². The lowest BCUT2D eigenvalue weighted by atomic mass is 10.5. The molecule has 0 atom stereocenters. The fourth-order valence-corrected chi connectivity index (χ4v) is 0.970. The van der Waals surface area contributed by atoms with Crippen LogP contribution in [0.1, 0.15) is 13.3 Å². The van der Waals surface area contributed by atoms with Gasteiger partial charge in [-0.3, -0.25) is 0 Å². The Kier molecular flexibility index (Phi) is 2.51. The number of nitrogens with one attached hydrogen (secondary N) is 1. The van der Waals surface area contributed by atoms with Crippen LogP contribution in [-0.4, -0.2) is 11.5 Å². The third-order valence-corrected chi connectivity index (χ3v) is 1.48. The van der Waals surface area contributed by atoms with E-state index in [1.54, 1.807) is 0 Å². The Morgan fingerprint density at radius 1 is 1.89 bits per heavy atom. The van der Waals surface area contributed by atoms with Crippen molar-refractivity contribution in [2.75, 3.05) is 11.9 Å². The van der Waals surface area contributed by atoms with E-state index in [-0.39, 0.29) is 0 Å². The minimum Gasteiger partial charge on any atom is -0.369 e. The lowest BCUT2D eigenvalue weighted by Gasteiger charge is -1.96. The molecule has 9 heavy (non-hydrogen) atoms. The van der Waals surface area contributed by atoms with Crippen LogP contribution in [0.2, 0.25) is 0 Å². The van der Waals surface area contributed by atoms with Crippen LogP contribution in [0.4, 0.5) is 5.82 Å². The molecule has 0 spiro atoms. The second-order valence-electron chi connectivity index (χ2n) is 1.75.